The van der Waals surface area contributed by atoms with Crippen LogP contribution in [0.4, 0.5) is 13.2 Å². The molecule has 1 aromatic heterocycles. The minimum Gasteiger partial charge on any atom is -0.406 e. The van der Waals surface area contributed by atoms with Crippen LogP contribution in [0.3, 0.4) is 0 Å². The lowest BCUT2D eigenvalue weighted by atomic mass is 9.64. The predicted molar refractivity (Wildman–Crippen MR) is 187 cm³/mol. The molecule has 2 aromatic carbocycles. The van der Waals surface area contributed by atoms with Crippen LogP contribution in [0, 0.1) is 12.3 Å². The number of nitrogens with zero attached hydrogens (tertiary/aromatic N) is 1. The minimum atomic E-state index is -4.81. The van der Waals surface area contributed by atoms with Gasteiger partial charge in [-0.3, -0.25) is 9.69 Å². The Bertz CT molecular complexity index is 1660. The second-order valence-corrected chi connectivity index (χ2v) is 15.7. The Hall–Kier alpha value is -3.06. The third-order valence-electron chi connectivity index (χ3n) is 10.6. The lowest BCUT2D eigenvalue weighted by Crippen LogP contribution is -2.53. The van der Waals surface area contributed by atoms with Gasteiger partial charge in [0.25, 0.3) is 0 Å². The van der Waals surface area contributed by atoms with Gasteiger partial charge >= 0.3 is 6.36 Å². The van der Waals surface area contributed by atoms with Crippen LogP contribution in [-0.2, 0) is 13.0 Å². The van der Waals surface area contributed by atoms with Crippen molar-refractivity contribution in [1.82, 2.24) is 4.90 Å². The molecule has 0 radical (unpaired) electrons. The normalized spacial score (nSPS) is 25.2. The van der Waals surface area contributed by atoms with Gasteiger partial charge in [0, 0.05) is 35.5 Å². The van der Waals surface area contributed by atoms with Crippen LogP contribution < -0.4 is 4.74 Å². The average molecular weight is 716 g/mol. The maximum atomic E-state index is 14.2. The summed E-state index contributed by atoms with van der Waals surface area (Å²) in [7, 11) is 0. The molecule has 11 heteroatoms. The number of allylic oxidation sites excluding steroid dienone is 2. The summed E-state index contributed by atoms with van der Waals surface area (Å²) < 4.78 is 42.3. The van der Waals surface area contributed by atoms with E-state index in [4.69, 9.17) is 0 Å². The van der Waals surface area contributed by atoms with Gasteiger partial charge in [-0.05, 0) is 112 Å². The summed E-state index contributed by atoms with van der Waals surface area (Å²) in [5, 5.41) is 43.9. The minimum absolute atomic E-state index is 0.0257. The molecule has 1 fully saturated rings. The van der Waals surface area contributed by atoms with Gasteiger partial charge in [0.05, 0.1) is 29.3 Å². The molecule has 1 saturated carbocycles. The van der Waals surface area contributed by atoms with E-state index in [1.807, 2.05) is 42.2 Å². The lowest BCUT2D eigenvalue weighted by molar-refractivity contribution is -0.274. The number of fused-ring (bicyclic) bond motifs is 8. The van der Waals surface area contributed by atoms with E-state index in [1.165, 1.54) is 35.6 Å². The summed E-state index contributed by atoms with van der Waals surface area (Å²) in [5.41, 5.74) is 2.09. The Kier molecular flexibility index (Phi) is 12.0. The van der Waals surface area contributed by atoms with Gasteiger partial charge in [0.1, 0.15) is 5.75 Å². The highest BCUT2D eigenvalue weighted by Crippen LogP contribution is 2.59. The number of halogens is 3. The fourth-order valence-electron chi connectivity index (χ4n) is 7.85. The molecule has 0 saturated heterocycles. The van der Waals surface area contributed by atoms with Crippen molar-refractivity contribution in [3.63, 3.8) is 0 Å². The number of aliphatic hydroxyl groups is 4. The summed E-state index contributed by atoms with van der Waals surface area (Å²) in [5.74, 6) is -0.633. The van der Waals surface area contributed by atoms with Gasteiger partial charge in [0.2, 0.25) is 5.78 Å². The van der Waals surface area contributed by atoms with E-state index < -0.39 is 36.2 Å². The molecule has 0 unspecified atom stereocenters. The van der Waals surface area contributed by atoms with Crippen LogP contribution in [0.2, 0.25) is 0 Å². The first-order valence-corrected chi connectivity index (χ1v) is 18.1. The van der Waals surface area contributed by atoms with E-state index in [-0.39, 0.29) is 37.1 Å². The number of rotatable bonds is 10. The topological polar surface area (TPSA) is 110 Å². The van der Waals surface area contributed by atoms with Crippen molar-refractivity contribution >= 4 is 17.1 Å². The van der Waals surface area contributed by atoms with Crippen molar-refractivity contribution in [3.8, 4) is 5.75 Å². The summed E-state index contributed by atoms with van der Waals surface area (Å²) in [6.45, 7) is 5.94. The Balaban J connectivity index is 1.53. The van der Waals surface area contributed by atoms with Gasteiger partial charge in [0.15, 0.2) is 0 Å². The van der Waals surface area contributed by atoms with Gasteiger partial charge in [-0.1, -0.05) is 42.8 Å². The SMILES string of the molecule is CC1=CCC[C@@]2(C)[C@@H](CC[C@@]2(O)CN(Cc2ccc(OC(F)(F)F)cc2)C[C@H](O)CO)c2ccc(cc2C(=O)c2ccc(C)s2)C[C@@H](O)CC1. The smallest absolute Gasteiger partial charge is 0.406 e. The number of thiophene rings is 1. The summed E-state index contributed by atoms with van der Waals surface area (Å²) in [6, 6.07) is 15.2. The zero-order valence-electron chi connectivity index (χ0n) is 28.9. The molecular formula is C39H48F3NO6S. The Labute approximate surface area is 296 Å². The monoisotopic (exact) mass is 715 g/mol. The number of hydrogen-bond donors (Lipinski definition) is 4. The first-order chi connectivity index (χ1) is 23.6. The standard InChI is InChI=1S/C39H48F3NO6S/c1-25-5-4-17-37(3)34(32-14-10-28(19-29(45)11-6-25)20-33(32)36(47)35-15-7-26(2)50-35)16-18-38(37,48)24-43(22-30(46)23-44)21-27-8-12-31(13-9-27)49-39(40,41)42/h5,7-10,12-15,20,29-30,34,44-46,48H,4,6,11,16-19,21-24H2,1-3H3/t29-,30-,34-,37-,38+/m0/s1. The van der Waals surface area contributed by atoms with Crippen LogP contribution in [0.15, 0.2) is 66.2 Å². The summed E-state index contributed by atoms with van der Waals surface area (Å²) in [6.07, 6.45) is -0.282. The highest BCUT2D eigenvalue weighted by molar-refractivity contribution is 7.14. The van der Waals surface area contributed by atoms with E-state index in [0.29, 0.717) is 54.5 Å². The summed E-state index contributed by atoms with van der Waals surface area (Å²) in [4.78, 5) is 17.7. The second kappa shape index (κ2) is 15.7. The highest BCUT2D eigenvalue weighted by atomic mass is 32.1. The van der Waals surface area contributed by atoms with E-state index in [2.05, 4.69) is 24.7 Å². The maximum absolute atomic E-state index is 14.2. The predicted octanol–water partition coefficient (Wildman–Crippen LogP) is 7.08. The van der Waals surface area contributed by atoms with Crippen LogP contribution >= 0.6 is 11.3 Å². The number of hydrogen-bond acceptors (Lipinski definition) is 8. The molecular weight excluding hydrogens is 667 g/mol. The number of carbonyl (C=O) groups excluding carboxylic acids is 1. The van der Waals surface area contributed by atoms with Crippen LogP contribution in [-0.4, -0.2) is 75.0 Å². The Morgan fingerprint density at radius 1 is 1.08 bits per heavy atom. The molecule has 2 bridgehead atoms. The Morgan fingerprint density at radius 2 is 1.82 bits per heavy atom. The van der Waals surface area contributed by atoms with Crippen LogP contribution in [0.25, 0.3) is 0 Å². The molecule has 3 aromatic rings. The number of alkyl halides is 3. The highest BCUT2D eigenvalue weighted by Gasteiger charge is 2.57. The number of carbonyl (C=O) groups is 1. The van der Waals surface area contributed by atoms with E-state index in [9.17, 15) is 38.4 Å². The second-order valence-electron chi connectivity index (χ2n) is 14.4. The third kappa shape index (κ3) is 9.05. The zero-order valence-corrected chi connectivity index (χ0v) is 29.7. The van der Waals surface area contributed by atoms with E-state index in [1.54, 1.807) is 0 Å². The quantitative estimate of drug-likeness (QED) is 0.131. The number of ether oxygens (including phenoxy) is 1. The maximum Gasteiger partial charge on any atom is 0.573 e. The molecule has 272 valence electrons. The van der Waals surface area contributed by atoms with Crippen LogP contribution in [0.1, 0.15) is 95.1 Å². The van der Waals surface area contributed by atoms with Crippen molar-refractivity contribution in [2.45, 2.75) is 102 Å². The summed E-state index contributed by atoms with van der Waals surface area (Å²) >= 11 is 1.44. The van der Waals surface area contributed by atoms with Crippen molar-refractivity contribution in [3.05, 3.63) is 98.3 Å². The number of benzene rings is 2. The van der Waals surface area contributed by atoms with Crippen molar-refractivity contribution in [1.29, 1.82) is 0 Å². The molecule has 1 heterocycles. The van der Waals surface area contributed by atoms with Crippen molar-refractivity contribution in [2.24, 2.45) is 5.41 Å². The Morgan fingerprint density at radius 3 is 2.48 bits per heavy atom. The van der Waals surface area contributed by atoms with Gasteiger partial charge in [-0.25, -0.2) is 0 Å². The lowest BCUT2D eigenvalue weighted by Gasteiger charge is -2.46. The molecule has 50 heavy (non-hydrogen) atoms. The first kappa shape index (κ1) is 38.2. The molecule has 0 aliphatic heterocycles. The first-order valence-electron chi connectivity index (χ1n) is 17.2. The van der Waals surface area contributed by atoms with Gasteiger partial charge in [-0.15, -0.1) is 24.5 Å². The molecule has 4 N–H and O–H groups in total. The van der Waals surface area contributed by atoms with Crippen molar-refractivity contribution in [2.75, 3.05) is 19.7 Å². The van der Waals surface area contributed by atoms with Gasteiger partial charge in [-0.2, -0.15) is 0 Å². The zero-order chi connectivity index (χ0) is 36.3. The molecule has 6 rings (SSSR count). The molecule has 3 aliphatic carbocycles. The number of aliphatic hydroxyl groups excluding tert-OH is 3. The average Bonchev–Trinajstić information content (AvgIpc) is 3.59. The molecule has 0 amide bonds. The molecule has 3 aliphatic rings. The van der Waals surface area contributed by atoms with E-state index in [0.717, 1.165) is 28.0 Å². The fourth-order valence-corrected chi connectivity index (χ4v) is 8.67. The van der Waals surface area contributed by atoms with E-state index >= 15 is 0 Å². The van der Waals surface area contributed by atoms with Crippen LogP contribution in [0.5, 0.6) is 5.75 Å². The molecule has 0 spiro atoms. The van der Waals surface area contributed by atoms with Gasteiger partial charge < -0.3 is 25.2 Å². The number of aryl methyl sites for hydroxylation is 1. The molecule has 5 atom stereocenters. The fraction of sp³-hybridized carbons (Fsp3) is 0.513. The number of ketones is 1. The molecule has 7 nitrogen and oxygen atoms in total. The third-order valence-corrected chi connectivity index (χ3v) is 11.6. The van der Waals surface area contributed by atoms with Crippen molar-refractivity contribution < 1.29 is 43.1 Å². The largest absolute Gasteiger partial charge is 0.573 e.